The van der Waals surface area contributed by atoms with Gasteiger partial charge in [-0.1, -0.05) is 29.8 Å². The van der Waals surface area contributed by atoms with Crippen molar-refractivity contribution in [3.8, 4) is 0 Å². The van der Waals surface area contributed by atoms with Crippen molar-refractivity contribution >= 4 is 11.8 Å². The van der Waals surface area contributed by atoms with E-state index in [-0.39, 0.29) is 0 Å². The summed E-state index contributed by atoms with van der Waals surface area (Å²) in [5.41, 5.74) is 4.56. The van der Waals surface area contributed by atoms with E-state index >= 15 is 0 Å². The van der Waals surface area contributed by atoms with Gasteiger partial charge in [-0.2, -0.15) is 4.98 Å². The van der Waals surface area contributed by atoms with E-state index in [1.165, 1.54) is 11.1 Å². The fraction of sp³-hybridized carbons (Fsp3) is 0.211. The van der Waals surface area contributed by atoms with Gasteiger partial charge in [0.2, 0.25) is 5.95 Å². The summed E-state index contributed by atoms with van der Waals surface area (Å²) >= 11 is 0. The van der Waals surface area contributed by atoms with Gasteiger partial charge in [0.05, 0.1) is 0 Å². The van der Waals surface area contributed by atoms with Gasteiger partial charge in [-0.3, -0.25) is 4.98 Å². The highest BCUT2D eigenvalue weighted by Crippen LogP contribution is 2.12. The second kappa shape index (κ2) is 7.55. The van der Waals surface area contributed by atoms with Gasteiger partial charge in [0.1, 0.15) is 5.82 Å². The van der Waals surface area contributed by atoms with Crippen LogP contribution in [0.5, 0.6) is 0 Å². The summed E-state index contributed by atoms with van der Waals surface area (Å²) in [5.74, 6) is 1.44. The molecule has 0 amide bonds. The topological polar surface area (TPSA) is 62.7 Å². The van der Waals surface area contributed by atoms with E-state index in [0.29, 0.717) is 12.5 Å². The van der Waals surface area contributed by atoms with Crippen LogP contribution in [-0.2, 0) is 13.1 Å². The highest BCUT2D eigenvalue weighted by molar-refractivity contribution is 5.43. The number of hydrogen-bond acceptors (Lipinski definition) is 5. The lowest BCUT2D eigenvalue weighted by molar-refractivity contribution is 1.01. The van der Waals surface area contributed by atoms with E-state index < -0.39 is 0 Å². The minimum Gasteiger partial charge on any atom is -0.366 e. The molecular weight excluding hydrogens is 298 g/mol. The fourth-order valence-corrected chi connectivity index (χ4v) is 2.32. The molecule has 0 saturated carbocycles. The van der Waals surface area contributed by atoms with Crippen molar-refractivity contribution < 1.29 is 0 Å². The van der Waals surface area contributed by atoms with Gasteiger partial charge in [-0.15, -0.1) is 0 Å². The zero-order valence-corrected chi connectivity index (χ0v) is 14.0. The van der Waals surface area contributed by atoms with Crippen LogP contribution in [0, 0.1) is 13.8 Å². The maximum atomic E-state index is 4.53. The molecule has 2 heterocycles. The van der Waals surface area contributed by atoms with E-state index in [9.17, 15) is 0 Å². The highest BCUT2D eigenvalue weighted by atomic mass is 15.1. The van der Waals surface area contributed by atoms with Gasteiger partial charge in [-0.25, -0.2) is 4.98 Å². The molecule has 0 saturated heterocycles. The minimum atomic E-state index is 0.623. The summed E-state index contributed by atoms with van der Waals surface area (Å²) in [7, 11) is 0. The number of rotatable bonds is 6. The quantitative estimate of drug-likeness (QED) is 0.725. The van der Waals surface area contributed by atoms with Crippen LogP contribution < -0.4 is 10.6 Å². The average molecular weight is 319 g/mol. The van der Waals surface area contributed by atoms with Crippen molar-refractivity contribution in [3.05, 3.63) is 77.2 Å². The molecule has 0 bridgehead atoms. The van der Waals surface area contributed by atoms with Crippen molar-refractivity contribution in [2.75, 3.05) is 10.6 Å². The molecule has 24 heavy (non-hydrogen) atoms. The monoisotopic (exact) mass is 319 g/mol. The minimum absolute atomic E-state index is 0.623. The Balaban J connectivity index is 1.63. The molecule has 0 aliphatic rings. The van der Waals surface area contributed by atoms with Crippen LogP contribution in [0.4, 0.5) is 11.8 Å². The van der Waals surface area contributed by atoms with Gasteiger partial charge in [0.15, 0.2) is 0 Å². The third-order valence-electron chi connectivity index (χ3n) is 3.65. The highest BCUT2D eigenvalue weighted by Gasteiger charge is 2.03. The fourth-order valence-electron chi connectivity index (χ4n) is 2.32. The molecule has 0 spiro atoms. The molecule has 0 radical (unpaired) electrons. The van der Waals surface area contributed by atoms with Gasteiger partial charge in [-0.05, 0) is 37.1 Å². The number of aryl methyl sites for hydroxylation is 2. The lowest BCUT2D eigenvalue weighted by Gasteiger charge is -2.10. The standard InChI is InChI=1S/C19H21N5/c1-14-3-5-16(6-4-14)12-21-18-11-15(2)23-19(24-18)22-13-17-7-9-20-10-8-17/h3-11H,12-13H2,1-2H3,(H2,21,22,23,24). The van der Waals surface area contributed by atoms with Crippen LogP contribution in [0.1, 0.15) is 22.4 Å². The predicted octanol–water partition coefficient (Wildman–Crippen LogP) is 3.71. The first-order valence-corrected chi connectivity index (χ1v) is 7.97. The second-order valence-corrected chi connectivity index (χ2v) is 5.77. The largest absolute Gasteiger partial charge is 0.366 e. The molecule has 5 heteroatoms. The maximum absolute atomic E-state index is 4.53. The molecule has 2 N–H and O–H groups in total. The molecule has 5 nitrogen and oxygen atoms in total. The summed E-state index contributed by atoms with van der Waals surface area (Å²) in [4.78, 5) is 13.0. The van der Waals surface area contributed by atoms with E-state index in [2.05, 4.69) is 56.8 Å². The number of nitrogens with one attached hydrogen (secondary N) is 2. The number of benzene rings is 1. The van der Waals surface area contributed by atoms with E-state index in [0.717, 1.165) is 23.6 Å². The zero-order valence-electron chi connectivity index (χ0n) is 14.0. The summed E-state index contributed by atoms with van der Waals surface area (Å²) < 4.78 is 0. The van der Waals surface area contributed by atoms with Crippen LogP contribution in [0.3, 0.4) is 0 Å². The Labute approximate surface area is 142 Å². The number of hydrogen-bond donors (Lipinski definition) is 2. The van der Waals surface area contributed by atoms with Gasteiger partial charge >= 0.3 is 0 Å². The first-order chi connectivity index (χ1) is 11.7. The molecule has 2 aromatic heterocycles. The molecular formula is C19H21N5. The third kappa shape index (κ3) is 4.52. The van der Waals surface area contributed by atoms with Gasteiger partial charge < -0.3 is 10.6 Å². The molecule has 3 rings (SSSR count). The van der Waals surface area contributed by atoms with Crippen molar-refractivity contribution in [2.45, 2.75) is 26.9 Å². The Morgan fingerprint density at radius 2 is 1.46 bits per heavy atom. The Morgan fingerprint density at radius 1 is 0.792 bits per heavy atom. The molecule has 0 aliphatic heterocycles. The Kier molecular flexibility index (Phi) is 5.01. The third-order valence-corrected chi connectivity index (χ3v) is 3.65. The lowest BCUT2D eigenvalue weighted by Crippen LogP contribution is -2.08. The van der Waals surface area contributed by atoms with Crippen LogP contribution in [0.2, 0.25) is 0 Å². The molecule has 0 fully saturated rings. The smallest absolute Gasteiger partial charge is 0.225 e. The SMILES string of the molecule is Cc1ccc(CNc2cc(C)nc(NCc3ccncc3)n2)cc1. The van der Waals surface area contributed by atoms with Crippen LogP contribution in [0.25, 0.3) is 0 Å². The lowest BCUT2D eigenvalue weighted by atomic mass is 10.1. The van der Waals surface area contributed by atoms with Crippen molar-refractivity contribution in [2.24, 2.45) is 0 Å². The zero-order chi connectivity index (χ0) is 16.8. The summed E-state index contributed by atoms with van der Waals surface area (Å²) in [5, 5.41) is 6.62. The molecule has 0 aliphatic carbocycles. The molecule has 0 atom stereocenters. The summed E-state index contributed by atoms with van der Waals surface area (Å²) in [6, 6.07) is 14.4. The number of nitrogens with zero attached hydrogens (tertiary/aromatic N) is 3. The Hall–Kier alpha value is -2.95. The number of aromatic nitrogens is 3. The molecule has 3 aromatic rings. The van der Waals surface area contributed by atoms with Crippen LogP contribution in [0.15, 0.2) is 54.9 Å². The van der Waals surface area contributed by atoms with Gasteiger partial charge in [0, 0.05) is 37.2 Å². The van der Waals surface area contributed by atoms with E-state index in [1.54, 1.807) is 12.4 Å². The first kappa shape index (κ1) is 15.9. The van der Waals surface area contributed by atoms with Crippen molar-refractivity contribution in [1.29, 1.82) is 0 Å². The summed E-state index contributed by atoms with van der Waals surface area (Å²) in [6.07, 6.45) is 3.56. The maximum Gasteiger partial charge on any atom is 0.225 e. The normalized spacial score (nSPS) is 10.4. The van der Waals surface area contributed by atoms with E-state index in [4.69, 9.17) is 0 Å². The van der Waals surface area contributed by atoms with Crippen LogP contribution in [-0.4, -0.2) is 15.0 Å². The molecule has 1 aromatic carbocycles. The Bertz CT molecular complexity index is 785. The Morgan fingerprint density at radius 3 is 2.21 bits per heavy atom. The van der Waals surface area contributed by atoms with Crippen LogP contribution >= 0.6 is 0 Å². The second-order valence-electron chi connectivity index (χ2n) is 5.77. The van der Waals surface area contributed by atoms with Gasteiger partial charge in [0.25, 0.3) is 0 Å². The first-order valence-electron chi connectivity index (χ1n) is 7.97. The number of anilines is 2. The van der Waals surface area contributed by atoms with Crippen molar-refractivity contribution in [1.82, 2.24) is 15.0 Å². The van der Waals surface area contributed by atoms with E-state index in [1.807, 2.05) is 25.1 Å². The predicted molar refractivity (Wildman–Crippen MR) is 96.8 cm³/mol. The average Bonchev–Trinajstić information content (AvgIpc) is 2.60. The molecule has 0 unspecified atom stereocenters. The van der Waals surface area contributed by atoms with Crippen molar-refractivity contribution in [3.63, 3.8) is 0 Å². The summed E-state index contributed by atoms with van der Waals surface area (Å²) in [6.45, 7) is 5.46. The molecule has 122 valence electrons. The number of pyridine rings is 1.